The van der Waals surface area contributed by atoms with Gasteiger partial charge in [0.15, 0.2) is 5.69 Å². The standard InChI is InChI=1S/C14H13ClF3N3O3S2/c1-25-9-2-4-10(5-3-9)26(23,24)20-13(22)11-12(15)21(8-19-11)7-6-14(16,17)18/h2-5,8H,6-7H2,1H3,(H,20,22). The molecule has 0 unspecified atom stereocenters. The smallest absolute Gasteiger partial charge is 0.321 e. The van der Waals surface area contributed by atoms with Crippen LogP contribution in [0, 0.1) is 0 Å². The van der Waals surface area contributed by atoms with Gasteiger partial charge in [0.05, 0.1) is 17.6 Å². The van der Waals surface area contributed by atoms with E-state index in [2.05, 4.69) is 4.98 Å². The molecule has 0 aliphatic carbocycles. The first-order valence-corrected chi connectivity index (χ1v) is 10.1. The zero-order valence-electron chi connectivity index (χ0n) is 13.2. The Kier molecular flexibility index (Phi) is 6.25. The van der Waals surface area contributed by atoms with E-state index in [1.54, 1.807) is 16.9 Å². The number of hydrogen-bond acceptors (Lipinski definition) is 5. The number of alkyl halides is 3. The molecule has 0 aliphatic heterocycles. The number of nitrogens with one attached hydrogen (secondary N) is 1. The highest BCUT2D eigenvalue weighted by Gasteiger charge is 2.28. The van der Waals surface area contributed by atoms with Crippen LogP contribution in [0.1, 0.15) is 16.9 Å². The molecule has 1 amide bonds. The van der Waals surface area contributed by atoms with E-state index in [1.165, 1.54) is 23.9 Å². The minimum Gasteiger partial charge on any atom is -0.321 e. The Labute approximate surface area is 156 Å². The summed E-state index contributed by atoms with van der Waals surface area (Å²) in [4.78, 5) is 16.4. The van der Waals surface area contributed by atoms with E-state index in [0.717, 1.165) is 15.8 Å². The Bertz CT molecular complexity index is 896. The van der Waals surface area contributed by atoms with E-state index in [9.17, 15) is 26.4 Å². The molecule has 0 saturated heterocycles. The van der Waals surface area contributed by atoms with Crippen LogP contribution in [0.25, 0.3) is 0 Å². The summed E-state index contributed by atoms with van der Waals surface area (Å²) in [5, 5.41) is -0.375. The molecular weight excluding hydrogens is 415 g/mol. The van der Waals surface area contributed by atoms with Gasteiger partial charge in [0, 0.05) is 11.4 Å². The van der Waals surface area contributed by atoms with Crippen LogP contribution in [0.3, 0.4) is 0 Å². The summed E-state index contributed by atoms with van der Waals surface area (Å²) in [5.74, 6) is -1.13. The average Bonchev–Trinajstić information content (AvgIpc) is 2.93. The SMILES string of the molecule is CSc1ccc(S(=O)(=O)NC(=O)c2ncn(CCC(F)(F)F)c2Cl)cc1. The number of carbonyl (C=O) groups is 1. The lowest BCUT2D eigenvalue weighted by atomic mass is 10.4. The fourth-order valence-electron chi connectivity index (χ4n) is 1.91. The van der Waals surface area contributed by atoms with Crippen LogP contribution in [0.2, 0.25) is 5.15 Å². The van der Waals surface area contributed by atoms with Crippen molar-refractivity contribution in [2.75, 3.05) is 6.26 Å². The molecule has 2 rings (SSSR count). The van der Waals surface area contributed by atoms with Crippen molar-refractivity contribution in [3.8, 4) is 0 Å². The molecule has 1 aromatic heterocycles. The van der Waals surface area contributed by atoms with Gasteiger partial charge in [-0.2, -0.15) is 13.2 Å². The molecule has 0 radical (unpaired) electrons. The molecule has 26 heavy (non-hydrogen) atoms. The van der Waals surface area contributed by atoms with Crippen molar-refractivity contribution in [3.05, 3.63) is 41.4 Å². The van der Waals surface area contributed by atoms with E-state index < -0.39 is 40.8 Å². The van der Waals surface area contributed by atoms with Crippen LogP contribution in [0.4, 0.5) is 13.2 Å². The summed E-state index contributed by atoms with van der Waals surface area (Å²) in [5.41, 5.74) is -0.474. The Morgan fingerprint density at radius 1 is 1.31 bits per heavy atom. The normalized spacial score (nSPS) is 12.2. The number of amides is 1. The van der Waals surface area contributed by atoms with Gasteiger partial charge >= 0.3 is 6.18 Å². The molecule has 0 saturated carbocycles. The monoisotopic (exact) mass is 427 g/mol. The van der Waals surface area contributed by atoms with E-state index in [1.807, 2.05) is 6.26 Å². The number of halogens is 4. The maximum Gasteiger partial charge on any atom is 0.390 e. The van der Waals surface area contributed by atoms with Gasteiger partial charge in [0.25, 0.3) is 15.9 Å². The Morgan fingerprint density at radius 3 is 2.46 bits per heavy atom. The molecular formula is C14H13ClF3N3O3S2. The first-order chi connectivity index (χ1) is 12.0. The van der Waals surface area contributed by atoms with Crippen molar-refractivity contribution in [3.63, 3.8) is 0 Å². The number of rotatable bonds is 6. The molecule has 0 spiro atoms. The molecule has 1 aromatic carbocycles. The first kappa shape index (κ1) is 20.6. The Morgan fingerprint density at radius 2 is 1.92 bits per heavy atom. The van der Waals surface area contributed by atoms with Gasteiger partial charge in [-0.15, -0.1) is 11.8 Å². The van der Waals surface area contributed by atoms with Crippen LogP contribution in [0.5, 0.6) is 0 Å². The third-order valence-corrected chi connectivity index (χ3v) is 5.71. The summed E-state index contributed by atoms with van der Waals surface area (Å²) in [6.45, 7) is -0.536. The predicted octanol–water partition coefficient (Wildman–Crippen LogP) is 3.33. The highest BCUT2D eigenvalue weighted by molar-refractivity contribution is 7.98. The number of imidazole rings is 1. The van der Waals surface area contributed by atoms with Gasteiger partial charge in [0.1, 0.15) is 5.15 Å². The molecule has 2 aromatic rings. The summed E-state index contributed by atoms with van der Waals surface area (Å²) < 4.78 is 64.0. The minimum atomic E-state index is -4.40. The lowest BCUT2D eigenvalue weighted by Crippen LogP contribution is -2.31. The van der Waals surface area contributed by atoms with Gasteiger partial charge in [-0.05, 0) is 30.5 Å². The van der Waals surface area contributed by atoms with Crippen molar-refractivity contribution in [1.82, 2.24) is 14.3 Å². The number of hydrogen-bond donors (Lipinski definition) is 1. The largest absolute Gasteiger partial charge is 0.390 e. The van der Waals surface area contributed by atoms with Crippen molar-refractivity contribution >= 4 is 39.3 Å². The Balaban J connectivity index is 2.15. The van der Waals surface area contributed by atoms with Crippen molar-refractivity contribution in [2.45, 2.75) is 28.9 Å². The van der Waals surface area contributed by atoms with Crippen LogP contribution in [0.15, 0.2) is 40.4 Å². The lowest BCUT2D eigenvalue weighted by molar-refractivity contribution is -0.136. The zero-order valence-corrected chi connectivity index (χ0v) is 15.6. The number of thioether (sulfide) groups is 1. The highest BCUT2D eigenvalue weighted by Crippen LogP contribution is 2.23. The summed E-state index contributed by atoms with van der Waals surface area (Å²) >= 11 is 7.25. The summed E-state index contributed by atoms with van der Waals surface area (Å²) in [7, 11) is -4.17. The third kappa shape index (κ3) is 5.15. The zero-order chi connectivity index (χ0) is 19.5. The fraction of sp³-hybridized carbons (Fsp3) is 0.286. The predicted molar refractivity (Wildman–Crippen MR) is 90.8 cm³/mol. The lowest BCUT2D eigenvalue weighted by Gasteiger charge is -2.08. The number of nitrogens with zero attached hydrogens (tertiary/aromatic N) is 2. The second-order valence-corrected chi connectivity index (χ2v) is 7.97. The molecule has 1 N–H and O–H groups in total. The van der Waals surface area contributed by atoms with Gasteiger partial charge in [-0.25, -0.2) is 18.1 Å². The second kappa shape index (κ2) is 7.89. The molecule has 0 fully saturated rings. The number of aromatic nitrogens is 2. The molecule has 12 heteroatoms. The van der Waals surface area contributed by atoms with Crippen molar-refractivity contribution in [2.24, 2.45) is 0 Å². The molecule has 6 nitrogen and oxygen atoms in total. The van der Waals surface area contributed by atoms with Gasteiger partial charge in [-0.3, -0.25) is 4.79 Å². The Hall–Kier alpha value is -1.72. The molecule has 0 atom stereocenters. The number of benzene rings is 1. The summed E-state index contributed by atoms with van der Waals surface area (Å²) in [6, 6.07) is 5.79. The fourth-order valence-corrected chi connectivity index (χ4v) is 3.53. The van der Waals surface area contributed by atoms with Crippen LogP contribution in [-0.2, 0) is 16.6 Å². The van der Waals surface area contributed by atoms with Gasteiger partial charge in [0.2, 0.25) is 0 Å². The molecule has 0 aliphatic rings. The van der Waals surface area contributed by atoms with Crippen LogP contribution in [-0.4, -0.2) is 36.3 Å². The third-order valence-electron chi connectivity index (χ3n) is 3.22. The van der Waals surface area contributed by atoms with Crippen LogP contribution < -0.4 is 4.72 Å². The van der Waals surface area contributed by atoms with E-state index >= 15 is 0 Å². The summed E-state index contributed by atoms with van der Waals surface area (Å²) in [6.07, 6.45) is -2.79. The number of sulfonamides is 1. The van der Waals surface area contributed by atoms with Crippen molar-refractivity contribution in [1.29, 1.82) is 0 Å². The van der Waals surface area contributed by atoms with E-state index in [4.69, 9.17) is 11.6 Å². The average molecular weight is 428 g/mol. The molecule has 142 valence electrons. The van der Waals surface area contributed by atoms with Crippen LogP contribution >= 0.6 is 23.4 Å². The van der Waals surface area contributed by atoms with E-state index in [-0.39, 0.29) is 10.0 Å². The molecule has 0 bridgehead atoms. The number of carbonyl (C=O) groups excluding carboxylic acids is 1. The quantitative estimate of drug-likeness (QED) is 0.715. The first-order valence-electron chi connectivity index (χ1n) is 7.02. The molecule has 1 heterocycles. The van der Waals surface area contributed by atoms with Gasteiger partial charge in [-0.1, -0.05) is 11.6 Å². The maximum atomic E-state index is 12.3. The minimum absolute atomic E-state index is 0.142. The van der Waals surface area contributed by atoms with E-state index in [0.29, 0.717) is 0 Å². The topological polar surface area (TPSA) is 81.1 Å². The number of aryl methyl sites for hydroxylation is 1. The van der Waals surface area contributed by atoms with Crippen molar-refractivity contribution < 1.29 is 26.4 Å². The highest BCUT2D eigenvalue weighted by atomic mass is 35.5. The maximum absolute atomic E-state index is 12.3. The van der Waals surface area contributed by atoms with Gasteiger partial charge < -0.3 is 4.57 Å². The second-order valence-electron chi connectivity index (χ2n) is 5.05.